The zero-order valence-electron chi connectivity index (χ0n) is 19.5. The molecule has 4 rings (SSSR count). The summed E-state index contributed by atoms with van der Waals surface area (Å²) in [5, 5.41) is 9.35. The van der Waals surface area contributed by atoms with Crippen LogP contribution in [0.3, 0.4) is 0 Å². The van der Waals surface area contributed by atoms with Crippen molar-refractivity contribution in [2.24, 2.45) is 5.92 Å². The smallest absolute Gasteiger partial charge is 0.161 e. The molecular weight excluding hydrogens is 418 g/mol. The van der Waals surface area contributed by atoms with E-state index in [4.69, 9.17) is 14.2 Å². The third-order valence-electron chi connectivity index (χ3n) is 6.63. The summed E-state index contributed by atoms with van der Waals surface area (Å²) in [6.45, 7) is 6.02. The van der Waals surface area contributed by atoms with Crippen LogP contribution in [-0.4, -0.2) is 54.7 Å². The van der Waals surface area contributed by atoms with E-state index in [0.29, 0.717) is 50.4 Å². The van der Waals surface area contributed by atoms with Crippen LogP contribution in [-0.2, 0) is 11.2 Å². The highest BCUT2D eigenvalue weighted by atomic mass is 16.6. The predicted octanol–water partition coefficient (Wildman–Crippen LogP) is 4.62. The van der Waals surface area contributed by atoms with Crippen LogP contribution in [0.2, 0.25) is 0 Å². The first-order valence-corrected chi connectivity index (χ1v) is 12.1. The Kier molecular flexibility index (Phi) is 8.10. The zero-order chi connectivity index (χ0) is 23.0. The minimum absolute atomic E-state index is 0.204. The molecule has 0 aromatic heterocycles. The first-order chi connectivity index (χ1) is 16.1. The molecule has 0 spiro atoms. The molecule has 0 aliphatic carbocycles. The highest BCUT2D eigenvalue weighted by molar-refractivity contribution is 5.78. The number of hydrogen-bond donors (Lipinski definition) is 1. The van der Waals surface area contributed by atoms with Crippen molar-refractivity contribution in [2.75, 3.05) is 32.9 Å². The van der Waals surface area contributed by atoms with Gasteiger partial charge in [-0.25, -0.2) is 0 Å². The lowest BCUT2D eigenvalue weighted by atomic mass is 9.92. The number of ether oxygens (including phenoxy) is 3. The van der Waals surface area contributed by atoms with E-state index in [0.717, 1.165) is 37.4 Å². The third-order valence-corrected chi connectivity index (χ3v) is 6.63. The van der Waals surface area contributed by atoms with E-state index in [-0.39, 0.29) is 11.5 Å². The van der Waals surface area contributed by atoms with Gasteiger partial charge in [-0.15, -0.1) is 0 Å². The monoisotopic (exact) mass is 453 g/mol. The van der Waals surface area contributed by atoms with Crippen LogP contribution in [0.1, 0.15) is 44.6 Å². The van der Waals surface area contributed by atoms with Crippen molar-refractivity contribution in [1.29, 1.82) is 0 Å². The average Bonchev–Trinajstić information content (AvgIpc) is 3.23. The van der Waals surface area contributed by atoms with Crippen molar-refractivity contribution in [2.45, 2.75) is 51.5 Å². The van der Waals surface area contributed by atoms with Gasteiger partial charge in [-0.2, -0.15) is 0 Å². The Bertz CT molecular complexity index is 913. The van der Waals surface area contributed by atoms with Gasteiger partial charge in [-0.3, -0.25) is 4.79 Å². The SMILES string of the molecule is C[C@@H]1CCCN1C[C@@H](CCC(=O)CCOc1ccc(O)cc1)Cc1ccc2c(c1)OCCO2. The number of ketones is 1. The van der Waals surface area contributed by atoms with E-state index < -0.39 is 0 Å². The molecule has 6 heteroatoms. The van der Waals surface area contributed by atoms with Crippen molar-refractivity contribution in [3.8, 4) is 23.0 Å². The van der Waals surface area contributed by atoms with Crippen LogP contribution in [0, 0.1) is 5.92 Å². The minimum atomic E-state index is 0.204. The van der Waals surface area contributed by atoms with Gasteiger partial charge in [0, 0.05) is 25.4 Å². The summed E-state index contributed by atoms with van der Waals surface area (Å²) < 4.78 is 17.1. The molecular formula is C27H35NO5. The third kappa shape index (κ3) is 6.87. The van der Waals surface area contributed by atoms with Crippen LogP contribution >= 0.6 is 0 Å². The lowest BCUT2D eigenvalue weighted by Crippen LogP contribution is -2.33. The fourth-order valence-electron chi connectivity index (χ4n) is 4.72. The fraction of sp³-hybridized carbons (Fsp3) is 0.519. The lowest BCUT2D eigenvalue weighted by molar-refractivity contribution is -0.119. The number of phenolic OH excluding ortho intramolecular Hbond substituents is 1. The summed E-state index contributed by atoms with van der Waals surface area (Å²) >= 11 is 0. The molecule has 1 N–H and O–H groups in total. The number of rotatable bonds is 11. The molecule has 0 amide bonds. The maximum atomic E-state index is 12.6. The van der Waals surface area contributed by atoms with Gasteiger partial charge in [0.1, 0.15) is 30.5 Å². The zero-order valence-corrected chi connectivity index (χ0v) is 19.5. The summed E-state index contributed by atoms with van der Waals surface area (Å²) in [6.07, 6.45) is 5.27. The Balaban J connectivity index is 1.30. The van der Waals surface area contributed by atoms with Crippen LogP contribution in [0.25, 0.3) is 0 Å². The van der Waals surface area contributed by atoms with Gasteiger partial charge >= 0.3 is 0 Å². The van der Waals surface area contributed by atoms with Crippen molar-refractivity contribution in [3.05, 3.63) is 48.0 Å². The van der Waals surface area contributed by atoms with E-state index in [9.17, 15) is 9.90 Å². The average molecular weight is 454 g/mol. The molecule has 2 aliphatic rings. The van der Waals surface area contributed by atoms with Crippen LogP contribution < -0.4 is 14.2 Å². The Morgan fingerprint density at radius 1 is 1.12 bits per heavy atom. The van der Waals surface area contributed by atoms with Gasteiger partial charge in [0.15, 0.2) is 11.5 Å². The number of carbonyl (C=O) groups excluding carboxylic acids is 1. The highest BCUT2D eigenvalue weighted by Gasteiger charge is 2.24. The molecule has 0 saturated carbocycles. The van der Waals surface area contributed by atoms with Crippen molar-refractivity contribution in [3.63, 3.8) is 0 Å². The molecule has 2 atom stereocenters. The van der Waals surface area contributed by atoms with Crippen molar-refractivity contribution >= 4 is 5.78 Å². The molecule has 178 valence electrons. The lowest BCUT2D eigenvalue weighted by Gasteiger charge is -2.27. The number of fused-ring (bicyclic) bond motifs is 1. The minimum Gasteiger partial charge on any atom is -0.508 e. The van der Waals surface area contributed by atoms with E-state index >= 15 is 0 Å². The number of nitrogens with zero attached hydrogens (tertiary/aromatic N) is 1. The van der Waals surface area contributed by atoms with Crippen LogP contribution in [0.4, 0.5) is 0 Å². The summed E-state index contributed by atoms with van der Waals surface area (Å²) in [5.41, 5.74) is 1.24. The Morgan fingerprint density at radius 3 is 2.67 bits per heavy atom. The molecule has 2 aliphatic heterocycles. The highest BCUT2D eigenvalue weighted by Crippen LogP contribution is 2.32. The normalized spacial score (nSPS) is 18.8. The second-order valence-electron chi connectivity index (χ2n) is 9.20. The first-order valence-electron chi connectivity index (χ1n) is 12.1. The number of Topliss-reactive ketones (excluding diaryl/α,β-unsaturated/α-hetero) is 1. The molecule has 2 aromatic carbocycles. The second kappa shape index (κ2) is 11.4. The maximum Gasteiger partial charge on any atom is 0.161 e. The van der Waals surface area contributed by atoms with Crippen LogP contribution in [0.15, 0.2) is 42.5 Å². The van der Waals surface area contributed by atoms with Crippen LogP contribution in [0.5, 0.6) is 23.0 Å². The summed E-state index contributed by atoms with van der Waals surface area (Å²) in [5.74, 6) is 3.16. The topological polar surface area (TPSA) is 68.2 Å². The Morgan fingerprint density at radius 2 is 1.91 bits per heavy atom. The molecule has 0 radical (unpaired) electrons. The van der Waals surface area contributed by atoms with E-state index in [2.05, 4.69) is 24.0 Å². The van der Waals surface area contributed by atoms with Gasteiger partial charge < -0.3 is 24.2 Å². The molecule has 1 fully saturated rings. The van der Waals surface area contributed by atoms with Crippen molar-refractivity contribution in [1.82, 2.24) is 4.90 Å². The number of hydrogen-bond acceptors (Lipinski definition) is 6. The summed E-state index contributed by atoms with van der Waals surface area (Å²) in [7, 11) is 0. The fourth-order valence-corrected chi connectivity index (χ4v) is 4.72. The van der Waals surface area contributed by atoms with E-state index in [1.807, 2.05) is 6.07 Å². The number of phenols is 1. The predicted molar refractivity (Wildman–Crippen MR) is 127 cm³/mol. The largest absolute Gasteiger partial charge is 0.508 e. The quantitative estimate of drug-likeness (QED) is 0.535. The van der Waals surface area contributed by atoms with Crippen molar-refractivity contribution < 1.29 is 24.1 Å². The van der Waals surface area contributed by atoms with E-state index in [1.54, 1.807) is 24.3 Å². The maximum absolute atomic E-state index is 12.6. The first kappa shape index (κ1) is 23.4. The number of likely N-dealkylation sites (tertiary alicyclic amines) is 1. The van der Waals surface area contributed by atoms with Gasteiger partial charge in [-0.1, -0.05) is 6.07 Å². The Hall–Kier alpha value is -2.73. The molecule has 33 heavy (non-hydrogen) atoms. The van der Waals surface area contributed by atoms with Gasteiger partial charge in [0.25, 0.3) is 0 Å². The van der Waals surface area contributed by atoms with E-state index in [1.165, 1.54) is 18.4 Å². The molecule has 0 bridgehead atoms. The molecule has 0 unspecified atom stereocenters. The second-order valence-corrected chi connectivity index (χ2v) is 9.20. The van der Waals surface area contributed by atoms with Gasteiger partial charge in [0.05, 0.1) is 6.61 Å². The molecule has 2 heterocycles. The van der Waals surface area contributed by atoms with Gasteiger partial charge in [0.2, 0.25) is 0 Å². The molecule has 2 aromatic rings. The number of aromatic hydroxyl groups is 1. The molecule has 6 nitrogen and oxygen atoms in total. The van der Waals surface area contributed by atoms with Gasteiger partial charge in [-0.05, 0) is 87.0 Å². The summed E-state index contributed by atoms with van der Waals surface area (Å²) in [4.78, 5) is 15.1. The number of carbonyl (C=O) groups is 1. The summed E-state index contributed by atoms with van der Waals surface area (Å²) in [6, 6.07) is 13.4. The standard InChI is InChI=1S/C27H35NO5/c1-20-3-2-13-28(20)19-22(17-21-5-11-26-27(18-21)33-16-15-32-26)4-6-24(30)12-14-31-25-9-7-23(29)8-10-25/h5,7-11,18,20,22,29H,2-4,6,12-17,19H2,1H3/t20-,22+/m1/s1. The number of benzene rings is 2. The molecule has 1 saturated heterocycles. The Labute approximate surface area is 196 Å².